The number of halogens is 3. The summed E-state index contributed by atoms with van der Waals surface area (Å²) in [6.45, 7) is 0. The molecule has 82 valence electrons. The topological polar surface area (TPSA) is 65.2 Å². The summed E-state index contributed by atoms with van der Waals surface area (Å²) in [6, 6.07) is 1.08. The number of alkyl halides is 2. The molecule has 1 aromatic heterocycles. The molecule has 0 bridgehead atoms. The maximum atomic E-state index is 12.4. The molecule has 1 aromatic rings. The molecule has 1 amide bonds. The molecule has 0 aliphatic heterocycles. The van der Waals surface area contributed by atoms with Crippen LogP contribution < -0.4 is 10.5 Å². The Balaban J connectivity index is 3.38. The summed E-state index contributed by atoms with van der Waals surface area (Å²) in [5.41, 5.74) is 4.27. The van der Waals surface area contributed by atoms with Crippen LogP contribution in [0.15, 0.2) is 6.07 Å². The summed E-state index contributed by atoms with van der Waals surface area (Å²) in [6.07, 6.45) is -2.77. The number of ether oxygens (including phenoxy) is 1. The van der Waals surface area contributed by atoms with E-state index >= 15 is 0 Å². The van der Waals surface area contributed by atoms with Crippen LogP contribution >= 0.6 is 22.6 Å². The van der Waals surface area contributed by atoms with Gasteiger partial charge in [0.1, 0.15) is 17.1 Å². The van der Waals surface area contributed by atoms with Crippen LogP contribution in [0.4, 0.5) is 8.78 Å². The van der Waals surface area contributed by atoms with Crippen molar-refractivity contribution in [1.82, 2.24) is 4.98 Å². The third-order valence-corrected chi connectivity index (χ3v) is 2.66. The maximum absolute atomic E-state index is 12.4. The fourth-order valence-corrected chi connectivity index (χ4v) is 1.71. The maximum Gasteiger partial charge on any atom is 0.280 e. The minimum absolute atomic E-state index is 0.162. The zero-order valence-electron chi connectivity index (χ0n) is 7.63. The van der Waals surface area contributed by atoms with E-state index in [1.54, 1.807) is 22.6 Å². The summed E-state index contributed by atoms with van der Waals surface area (Å²) < 4.78 is 29.9. The van der Waals surface area contributed by atoms with Crippen molar-refractivity contribution in [2.45, 2.75) is 6.43 Å². The number of hydrogen-bond acceptors (Lipinski definition) is 3. The average molecular weight is 328 g/mol. The van der Waals surface area contributed by atoms with E-state index in [4.69, 9.17) is 10.5 Å². The number of nitrogens with two attached hydrogens (primary N) is 1. The van der Waals surface area contributed by atoms with Gasteiger partial charge in [0.05, 0.1) is 10.7 Å². The Kier molecular flexibility index (Phi) is 3.77. The summed E-state index contributed by atoms with van der Waals surface area (Å²) in [5, 5.41) is 0. The van der Waals surface area contributed by atoms with Crippen molar-refractivity contribution in [3.63, 3.8) is 0 Å². The van der Waals surface area contributed by atoms with Crippen LogP contribution in [-0.4, -0.2) is 18.0 Å². The minimum atomic E-state index is -2.77. The lowest BCUT2D eigenvalue weighted by Crippen LogP contribution is -2.16. The summed E-state index contributed by atoms with van der Waals surface area (Å²) in [4.78, 5) is 14.4. The Labute approximate surface area is 98.0 Å². The molecule has 1 rings (SSSR count). The van der Waals surface area contributed by atoms with Crippen LogP contribution in [0, 0.1) is 3.57 Å². The lowest BCUT2D eigenvalue weighted by molar-refractivity contribution is 0.0991. The molecule has 15 heavy (non-hydrogen) atoms. The average Bonchev–Trinajstić information content (AvgIpc) is 2.17. The van der Waals surface area contributed by atoms with E-state index in [0.717, 1.165) is 6.07 Å². The molecule has 0 aromatic carbocycles. The van der Waals surface area contributed by atoms with Crippen molar-refractivity contribution in [3.8, 4) is 5.75 Å². The molecule has 0 unspecified atom stereocenters. The molecular formula is C8H7F2IN2O2. The van der Waals surface area contributed by atoms with Crippen molar-refractivity contribution in [2.75, 3.05) is 7.11 Å². The molecule has 7 heteroatoms. The molecular weight excluding hydrogens is 321 g/mol. The Hall–Kier alpha value is -0.990. The van der Waals surface area contributed by atoms with E-state index < -0.39 is 18.0 Å². The Morgan fingerprint density at radius 1 is 1.67 bits per heavy atom. The fraction of sp³-hybridized carbons (Fsp3) is 0.250. The Bertz CT molecular complexity index is 398. The van der Waals surface area contributed by atoms with Crippen LogP contribution in [-0.2, 0) is 0 Å². The second-order valence-electron chi connectivity index (χ2n) is 2.58. The SMILES string of the molecule is COc1cc(C(F)F)nc(C(N)=O)c1I. The Morgan fingerprint density at radius 2 is 2.27 bits per heavy atom. The predicted octanol–water partition coefficient (Wildman–Crippen LogP) is 1.73. The van der Waals surface area contributed by atoms with Crippen LogP contribution in [0.5, 0.6) is 5.75 Å². The molecule has 0 saturated carbocycles. The van der Waals surface area contributed by atoms with Gasteiger partial charge >= 0.3 is 0 Å². The molecule has 0 aliphatic rings. The molecule has 0 atom stereocenters. The number of amides is 1. The highest BCUT2D eigenvalue weighted by molar-refractivity contribution is 14.1. The van der Waals surface area contributed by atoms with Gasteiger partial charge in [-0.25, -0.2) is 13.8 Å². The third kappa shape index (κ3) is 2.52. The van der Waals surface area contributed by atoms with Gasteiger partial charge in [-0.05, 0) is 22.6 Å². The minimum Gasteiger partial charge on any atom is -0.495 e. The van der Waals surface area contributed by atoms with Gasteiger partial charge in [-0.3, -0.25) is 4.79 Å². The molecule has 4 nitrogen and oxygen atoms in total. The van der Waals surface area contributed by atoms with Crippen LogP contribution in [0.25, 0.3) is 0 Å². The first-order valence-electron chi connectivity index (χ1n) is 3.79. The van der Waals surface area contributed by atoms with Gasteiger partial charge in [-0.1, -0.05) is 0 Å². The lowest BCUT2D eigenvalue weighted by Gasteiger charge is -2.08. The lowest BCUT2D eigenvalue weighted by atomic mass is 10.2. The summed E-state index contributed by atoms with van der Waals surface area (Å²) in [5.74, 6) is -0.699. The fourth-order valence-electron chi connectivity index (χ4n) is 0.948. The quantitative estimate of drug-likeness (QED) is 0.860. The normalized spacial score (nSPS) is 10.5. The standard InChI is InChI=1S/C8H7F2IN2O2/c1-15-4-2-3(7(9)10)13-6(5(4)11)8(12)14/h2,7H,1H3,(H2,12,14). The highest BCUT2D eigenvalue weighted by Crippen LogP contribution is 2.28. The first-order valence-corrected chi connectivity index (χ1v) is 4.87. The van der Waals surface area contributed by atoms with Gasteiger partial charge in [0.2, 0.25) is 0 Å². The number of hydrogen-bond donors (Lipinski definition) is 1. The highest BCUT2D eigenvalue weighted by atomic mass is 127. The molecule has 0 radical (unpaired) electrons. The monoisotopic (exact) mass is 328 g/mol. The first-order chi connectivity index (χ1) is 6.97. The number of carbonyl (C=O) groups is 1. The molecule has 2 N–H and O–H groups in total. The first kappa shape index (κ1) is 12.1. The van der Waals surface area contributed by atoms with Gasteiger partial charge in [-0.15, -0.1) is 0 Å². The van der Waals surface area contributed by atoms with Gasteiger partial charge in [0.15, 0.2) is 0 Å². The number of pyridine rings is 1. The zero-order valence-corrected chi connectivity index (χ0v) is 9.79. The van der Waals surface area contributed by atoms with Gasteiger partial charge in [0, 0.05) is 6.07 Å². The predicted molar refractivity (Wildman–Crippen MR) is 57.0 cm³/mol. The van der Waals surface area contributed by atoms with Crippen molar-refractivity contribution < 1.29 is 18.3 Å². The van der Waals surface area contributed by atoms with Crippen LogP contribution in [0.2, 0.25) is 0 Å². The number of aromatic nitrogens is 1. The second-order valence-corrected chi connectivity index (χ2v) is 3.66. The largest absolute Gasteiger partial charge is 0.495 e. The molecule has 0 spiro atoms. The number of nitrogens with zero attached hydrogens (tertiary/aromatic N) is 1. The smallest absolute Gasteiger partial charge is 0.280 e. The van der Waals surface area contributed by atoms with E-state index in [1.165, 1.54) is 7.11 Å². The van der Waals surface area contributed by atoms with Gasteiger partial charge < -0.3 is 10.5 Å². The van der Waals surface area contributed by atoms with Gasteiger partial charge in [-0.2, -0.15) is 0 Å². The second kappa shape index (κ2) is 4.69. The highest BCUT2D eigenvalue weighted by Gasteiger charge is 2.19. The molecule has 0 fully saturated rings. The van der Waals surface area contributed by atoms with E-state index in [-0.39, 0.29) is 11.4 Å². The number of rotatable bonds is 3. The number of methoxy groups -OCH3 is 1. The van der Waals surface area contributed by atoms with Crippen molar-refractivity contribution in [2.24, 2.45) is 5.73 Å². The zero-order chi connectivity index (χ0) is 11.6. The van der Waals surface area contributed by atoms with E-state index in [1.807, 2.05) is 0 Å². The van der Waals surface area contributed by atoms with E-state index in [2.05, 4.69) is 4.98 Å². The van der Waals surface area contributed by atoms with Crippen molar-refractivity contribution in [1.29, 1.82) is 0 Å². The van der Waals surface area contributed by atoms with Crippen molar-refractivity contribution in [3.05, 3.63) is 21.0 Å². The third-order valence-electron chi connectivity index (χ3n) is 1.62. The molecule has 0 saturated heterocycles. The molecule has 1 heterocycles. The summed E-state index contributed by atoms with van der Waals surface area (Å²) in [7, 11) is 1.32. The number of primary amides is 1. The van der Waals surface area contributed by atoms with E-state index in [0.29, 0.717) is 3.57 Å². The van der Waals surface area contributed by atoms with Crippen LogP contribution in [0.3, 0.4) is 0 Å². The van der Waals surface area contributed by atoms with Crippen molar-refractivity contribution >= 4 is 28.5 Å². The Morgan fingerprint density at radius 3 is 2.67 bits per heavy atom. The molecule has 0 aliphatic carbocycles. The van der Waals surface area contributed by atoms with Crippen LogP contribution in [0.1, 0.15) is 22.6 Å². The number of carbonyl (C=O) groups excluding carboxylic acids is 1. The summed E-state index contributed by atoms with van der Waals surface area (Å²) >= 11 is 1.76. The van der Waals surface area contributed by atoms with Gasteiger partial charge in [0.25, 0.3) is 12.3 Å². The van der Waals surface area contributed by atoms with E-state index in [9.17, 15) is 13.6 Å².